The fourth-order valence-corrected chi connectivity index (χ4v) is 3.96. The van der Waals surface area contributed by atoms with Crippen LogP contribution < -0.4 is 0 Å². The molecule has 2 aromatic heterocycles. The normalized spacial score (nSPS) is 25.7. The van der Waals surface area contributed by atoms with Gasteiger partial charge in [0.15, 0.2) is 0 Å². The van der Waals surface area contributed by atoms with Crippen LogP contribution in [0.3, 0.4) is 0 Å². The highest BCUT2D eigenvalue weighted by Crippen LogP contribution is 2.32. The number of nitrogens with zero attached hydrogens (tertiary/aromatic N) is 3. The first kappa shape index (κ1) is 14.0. The van der Waals surface area contributed by atoms with Crippen molar-refractivity contribution in [3.63, 3.8) is 0 Å². The van der Waals surface area contributed by atoms with E-state index in [9.17, 15) is 0 Å². The van der Waals surface area contributed by atoms with Crippen LogP contribution in [0.15, 0.2) is 40.9 Å². The van der Waals surface area contributed by atoms with Crippen molar-refractivity contribution in [1.29, 1.82) is 0 Å². The van der Waals surface area contributed by atoms with Gasteiger partial charge in [-0.25, -0.2) is 0 Å². The standard InChI is InChI=1S/C18H23N3O/c1-14-5-6-18(22-14)13-21-10-15-8-20(9-16(15)11-21)12-17-4-2-3-7-19-17/h2-7,15-16H,8-13H2,1H3/t15-,16-/m1/s1. The van der Waals surface area contributed by atoms with Gasteiger partial charge in [-0.05, 0) is 43.0 Å². The van der Waals surface area contributed by atoms with Gasteiger partial charge in [0.1, 0.15) is 11.5 Å². The predicted molar refractivity (Wildman–Crippen MR) is 85.2 cm³/mol. The summed E-state index contributed by atoms with van der Waals surface area (Å²) in [5.41, 5.74) is 1.19. The average molecular weight is 297 g/mol. The molecule has 0 bridgehead atoms. The van der Waals surface area contributed by atoms with Crippen molar-refractivity contribution in [1.82, 2.24) is 14.8 Å². The maximum atomic E-state index is 5.71. The maximum absolute atomic E-state index is 5.71. The molecule has 4 heteroatoms. The lowest BCUT2D eigenvalue weighted by molar-refractivity contribution is 0.233. The first-order valence-corrected chi connectivity index (χ1v) is 8.16. The summed E-state index contributed by atoms with van der Waals surface area (Å²) < 4.78 is 5.71. The van der Waals surface area contributed by atoms with E-state index in [1.807, 2.05) is 19.2 Å². The number of rotatable bonds is 4. The van der Waals surface area contributed by atoms with E-state index >= 15 is 0 Å². The molecule has 4 heterocycles. The summed E-state index contributed by atoms with van der Waals surface area (Å²) >= 11 is 0. The molecule has 0 N–H and O–H groups in total. The van der Waals surface area contributed by atoms with Crippen LogP contribution in [0.25, 0.3) is 0 Å². The number of hydrogen-bond donors (Lipinski definition) is 0. The molecule has 0 radical (unpaired) electrons. The van der Waals surface area contributed by atoms with Crippen LogP contribution in [0.2, 0.25) is 0 Å². The van der Waals surface area contributed by atoms with Gasteiger partial charge in [-0.2, -0.15) is 0 Å². The quantitative estimate of drug-likeness (QED) is 0.868. The summed E-state index contributed by atoms with van der Waals surface area (Å²) in [5.74, 6) is 3.72. The number of furan rings is 1. The van der Waals surface area contributed by atoms with Crippen LogP contribution in [0.1, 0.15) is 17.2 Å². The highest BCUT2D eigenvalue weighted by Gasteiger charge is 2.39. The Morgan fingerprint density at radius 3 is 2.32 bits per heavy atom. The van der Waals surface area contributed by atoms with Gasteiger partial charge in [0, 0.05) is 38.9 Å². The third-order valence-corrected chi connectivity index (χ3v) is 4.92. The zero-order chi connectivity index (χ0) is 14.9. The van der Waals surface area contributed by atoms with E-state index in [0.29, 0.717) is 0 Å². The van der Waals surface area contributed by atoms with Crippen LogP contribution >= 0.6 is 0 Å². The van der Waals surface area contributed by atoms with Gasteiger partial charge < -0.3 is 4.42 Å². The summed E-state index contributed by atoms with van der Waals surface area (Å²) in [6.07, 6.45) is 1.89. The lowest BCUT2D eigenvalue weighted by Gasteiger charge is -2.20. The Balaban J connectivity index is 1.31. The SMILES string of the molecule is Cc1ccc(CN2C[C@H]3CN(Cc4ccccn4)C[C@@H]3C2)o1. The third kappa shape index (κ3) is 2.94. The molecule has 4 rings (SSSR count). The van der Waals surface area contributed by atoms with Gasteiger partial charge in [0.2, 0.25) is 0 Å². The van der Waals surface area contributed by atoms with E-state index in [1.165, 1.54) is 31.9 Å². The Kier molecular flexibility index (Phi) is 3.72. The second-order valence-electron chi connectivity index (χ2n) is 6.74. The zero-order valence-corrected chi connectivity index (χ0v) is 13.1. The van der Waals surface area contributed by atoms with Crippen LogP contribution in [-0.2, 0) is 13.1 Å². The van der Waals surface area contributed by atoms with Crippen LogP contribution in [0, 0.1) is 18.8 Å². The molecule has 0 amide bonds. The minimum Gasteiger partial charge on any atom is -0.465 e. The third-order valence-electron chi connectivity index (χ3n) is 4.92. The van der Waals surface area contributed by atoms with Crippen molar-refractivity contribution in [2.45, 2.75) is 20.0 Å². The molecule has 116 valence electrons. The Hall–Kier alpha value is -1.65. The number of fused-ring (bicyclic) bond motifs is 1. The van der Waals surface area contributed by atoms with Crippen molar-refractivity contribution < 1.29 is 4.42 Å². The predicted octanol–water partition coefficient (Wildman–Crippen LogP) is 2.55. The van der Waals surface area contributed by atoms with Gasteiger partial charge in [0.25, 0.3) is 0 Å². The van der Waals surface area contributed by atoms with Gasteiger partial charge in [-0.1, -0.05) is 6.07 Å². The highest BCUT2D eigenvalue weighted by molar-refractivity contribution is 5.07. The molecule has 4 nitrogen and oxygen atoms in total. The molecular formula is C18H23N3O. The number of aryl methyl sites for hydroxylation is 1. The fourth-order valence-electron chi connectivity index (χ4n) is 3.96. The molecule has 22 heavy (non-hydrogen) atoms. The minimum atomic E-state index is 0.805. The van der Waals surface area contributed by atoms with E-state index < -0.39 is 0 Å². The molecule has 0 spiro atoms. The molecule has 0 unspecified atom stereocenters. The Morgan fingerprint density at radius 2 is 1.73 bits per heavy atom. The maximum Gasteiger partial charge on any atom is 0.118 e. The number of likely N-dealkylation sites (tertiary alicyclic amines) is 2. The van der Waals surface area contributed by atoms with E-state index in [0.717, 1.165) is 36.4 Å². The first-order chi connectivity index (χ1) is 10.8. The van der Waals surface area contributed by atoms with Crippen LogP contribution in [-0.4, -0.2) is 41.0 Å². The molecule has 0 aliphatic carbocycles. The lowest BCUT2D eigenvalue weighted by Crippen LogP contribution is -2.28. The number of hydrogen-bond acceptors (Lipinski definition) is 4. The second kappa shape index (κ2) is 5.86. The van der Waals surface area contributed by atoms with Crippen LogP contribution in [0.4, 0.5) is 0 Å². The molecule has 2 saturated heterocycles. The van der Waals surface area contributed by atoms with Crippen molar-refractivity contribution in [2.75, 3.05) is 26.2 Å². The van der Waals surface area contributed by atoms with Gasteiger partial charge in [0.05, 0.1) is 12.2 Å². The lowest BCUT2D eigenvalue weighted by atomic mass is 10.0. The molecule has 2 aliphatic heterocycles. The monoisotopic (exact) mass is 297 g/mol. The van der Waals surface area contributed by atoms with Gasteiger partial charge >= 0.3 is 0 Å². The minimum absolute atomic E-state index is 0.805. The number of pyridine rings is 1. The summed E-state index contributed by atoms with van der Waals surface area (Å²) in [6.45, 7) is 8.76. The average Bonchev–Trinajstić information content (AvgIpc) is 3.16. The molecule has 0 aromatic carbocycles. The van der Waals surface area contributed by atoms with Crippen molar-refractivity contribution in [3.8, 4) is 0 Å². The largest absolute Gasteiger partial charge is 0.465 e. The zero-order valence-electron chi connectivity index (χ0n) is 13.1. The highest BCUT2D eigenvalue weighted by atomic mass is 16.3. The van der Waals surface area contributed by atoms with Gasteiger partial charge in [-0.3, -0.25) is 14.8 Å². The van der Waals surface area contributed by atoms with Crippen LogP contribution in [0.5, 0.6) is 0 Å². The Morgan fingerprint density at radius 1 is 1.00 bits per heavy atom. The summed E-state index contributed by atoms with van der Waals surface area (Å²) in [7, 11) is 0. The van der Waals surface area contributed by atoms with Crippen molar-refractivity contribution >= 4 is 0 Å². The van der Waals surface area contributed by atoms with Crippen molar-refractivity contribution in [3.05, 3.63) is 53.7 Å². The topological polar surface area (TPSA) is 32.5 Å². The molecule has 2 atom stereocenters. The number of aromatic nitrogens is 1. The molecule has 0 saturated carbocycles. The Bertz CT molecular complexity index is 610. The van der Waals surface area contributed by atoms with E-state index in [2.05, 4.69) is 39.0 Å². The van der Waals surface area contributed by atoms with E-state index in [4.69, 9.17) is 4.42 Å². The van der Waals surface area contributed by atoms with Crippen molar-refractivity contribution in [2.24, 2.45) is 11.8 Å². The molecule has 2 fully saturated rings. The summed E-state index contributed by atoms with van der Waals surface area (Å²) in [5, 5.41) is 0. The van der Waals surface area contributed by atoms with E-state index in [-0.39, 0.29) is 0 Å². The molecule has 2 aromatic rings. The second-order valence-corrected chi connectivity index (χ2v) is 6.74. The summed E-state index contributed by atoms with van der Waals surface area (Å²) in [4.78, 5) is 9.55. The smallest absolute Gasteiger partial charge is 0.118 e. The fraction of sp³-hybridized carbons (Fsp3) is 0.500. The Labute approximate surface area is 131 Å². The molecule has 2 aliphatic rings. The summed E-state index contributed by atoms with van der Waals surface area (Å²) in [6, 6.07) is 10.3. The van der Waals surface area contributed by atoms with Gasteiger partial charge in [-0.15, -0.1) is 0 Å². The molecular weight excluding hydrogens is 274 g/mol. The first-order valence-electron chi connectivity index (χ1n) is 8.16. The van der Waals surface area contributed by atoms with E-state index in [1.54, 1.807) is 0 Å².